The van der Waals surface area contributed by atoms with Crippen LogP contribution in [0.2, 0.25) is 0 Å². The molecule has 0 aromatic heterocycles. The summed E-state index contributed by atoms with van der Waals surface area (Å²) in [5.41, 5.74) is 0. The maximum atomic E-state index is 12.7. The average molecular weight is 349 g/mol. The van der Waals surface area contributed by atoms with Crippen LogP contribution in [-0.4, -0.2) is 27.0 Å². The van der Waals surface area contributed by atoms with E-state index in [1.807, 2.05) is 18.2 Å². The molecule has 0 radical (unpaired) electrons. The first-order valence-corrected chi connectivity index (χ1v) is 10.1. The summed E-state index contributed by atoms with van der Waals surface area (Å²) in [7, 11) is -3.45. The van der Waals surface area contributed by atoms with Crippen LogP contribution in [0.25, 0.3) is 0 Å². The summed E-state index contributed by atoms with van der Waals surface area (Å²) in [6.45, 7) is 5.69. The second kappa shape index (κ2) is 7.88. The van der Waals surface area contributed by atoms with Crippen molar-refractivity contribution in [3.63, 3.8) is 0 Å². The van der Waals surface area contributed by atoms with Gasteiger partial charge in [0.1, 0.15) is 0 Å². The van der Waals surface area contributed by atoms with Crippen LogP contribution in [0.5, 0.6) is 0 Å². The molecule has 1 aromatic rings. The maximum absolute atomic E-state index is 12.7. The molecule has 0 fully saturated rings. The van der Waals surface area contributed by atoms with Crippen molar-refractivity contribution in [3.05, 3.63) is 40.6 Å². The third-order valence-corrected chi connectivity index (χ3v) is 9.29. The summed E-state index contributed by atoms with van der Waals surface area (Å²) in [5.74, 6) is 0. The molecule has 1 atom stereocenters. The quantitative estimate of drug-likeness (QED) is 0.561. The molecule has 0 aliphatic carbocycles. The summed E-state index contributed by atoms with van der Waals surface area (Å²) in [6, 6.07) is 9.00. The van der Waals surface area contributed by atoms with Crippen LogP contribution in [0.15, 0.2) is 40.6 Å². The van der Waals surface area contributed by atoms with Gasteiger partial charge >= 0.3 is 118 Å². The SMILES string of the molecule is C/C=C(\[Se](=O)c1ccccc1)P(=O)(OCC)OCC. The summed E-state index contributed by atoms with van der Waals surface area (Å²) >= 11 is -2.61. The van der Waals surface area contributed by atoms with Crippen LogP contribution in [0.4, 0.5) is 0 Å². The van der Waals surface area contributed by atoms with E-state index in [0.717, 1.165) is 0 Å². The Morgan fingerprint density at radius 2 is 1.74 bits per heavy atom. The van der Waals surface area contributed by atoms with Gasteiger partial charge in [0.05, 0.1) is 0 Å². The standard InChI is InChI=1S/C13H19O4PSe/c1-4-13(18(14,16-5-2)17-6-3)19(15)12-10-8-7-9-11-12/h4,7-11H,5-6H2,1-3H3/b13-4-. The van der Waals surface area contributed by atoms with Crippen LogP contribution >= 0.6 is 7.60 Å². The van der Waals surface area contributed by atoms with E-state index in [2.05, 4.69) is 0 Å². The van der Waals surface area contributed by atoms with E-state index in [-0.39, 0.29) is 13.2 Å². The molecule has 1 rings (SSSR count). The Bertz CT molecular complexity index is 489. The van der Waals surface area contributed by atoms with Gasteiger partial charge in [-0.25, -0.2) is 0 Å². The molecule has 4 nitrogen and oxygen atoms in total. The van der Waals surface area contributed by atoms with Gasteiger partial charge in [-0.15, -0.1) is 0 Å². The Balaban J connectivity index is 3.13. The topological polar surface area (TPSA) is 52.6 Å². The first-order chi connectivity index (χ1) is 9.09. The molecule has 19 heavy (non-hydrogen) atoms. The number of rotatable bonds is 7. The zero-order valence-corrected chi connectivity index (χ0v) is 14.0. The van der Waals surface area contributed by atoms with Crippen molar-refractivity contribution in [2.45, 2.75) is 20.8 Å². The molecule has 1 aromatic carbocycles. The van der Waals surface area contributed by atoms with Crippen molar-refractivity contribution in [3.8, 4) is 0 Å². The van der Waals surface area contributed by atoms with Crippen molar-refractivity contribution in [2.24, 2.45) is 0 Å². The number of allylic oxidation sites excluding steroid dienone is 1. The average Bonchev–Trinajstić information content (AvgIpc) is 2.40. The fourth-order valence-electron chi connectivity index (χ4n) is 1.54. The van der Waals surface area contributed by atoms with E-state index in [1.165, 1.54) is 0 Å². The predicted octanol–water partition coefficient (Wildman–Crippen LogP) is 3.02. The monoisotopic (exact) mass is 350 g/mol. The normalized spacial score (nSPS) is 14.4. The van der Waals surface area contributed by atoms with E-state index in [1.54, 1.807) is 39.0 Å². The summed E-state index contributed by atoms with van der Waals surface area (Å²) < 4.78 is 36.8. The van der Waals surface area contributed by atoms with Gasteiger partial charge < -0.3 is 0 Å². The molecule has 0 heterocycles. The van der Waals surface area contributed by atoms with E-state index in [4.69, 9.17) is 9.05 Å². The van der Waals surface area contributed by atoms with Crippen LogP contribution in [0, 0.1) is 0 Å². The Hall–Kier alpha value is -0.571. The molecule has 0 aliphatic heterocycles. The van der Waals surface area contributed by atoms with Gasteiger partial charge in [0, 0.05) is 0 Å². The first-order valence-electron chi connectivity index (χ1n) is 6.11. The Kier molecular flexibility index (Phi) is 6.84. The molecule has 1 unspecified atom stereocenters. The van der Waals surface area contributed by atoms with Gasteiger partial charge in [0.2, 0.25) is 0 Å². The van der Waals surface area contributed by atoms with Gasteiger partial charge in [-0.3, -0.25) is 0 Å². The minimum absolute atomic E-state index is 0.252. The van der Waals surface area contributed by atoms with Crippen LogP contribution in [-0.2, 0) is 17.4 Å². The zero-order chi connectivity index (χ0) is 14.3. The van der Waals surface area contributed by atoms with Gasteiger partial charge in [0.25, 0.3) is 0 Å². The van der Waals surface area contributed by atoms with Crippen molar-refractivity contribution in [1.29, 1.82) is 0 Å². The van der Waals surface area contributed by atoms with Crippen molar-refractivity contribution < 1.29 is 17.4 Å². The molecular weight excluding hydrogens is 330 g/mol. The van der Waals surface area contributed by atoms with Crippen LogP contribution in [0.3, 0.4) is 0 Å². The van der Waals surface area contributed by atoms with Crippen molar-refractivity contribution in [1.82, 2.24) is 0 Å². The van der Waals surface area contributed by atoms with Gasteiger partial charge in [-0.05, 0) is 0 Å². The number of hydrogen-bond donors (Lipinski definition) is 0. The molecule has 0 aliphatic rings. The fourth-order valence-corrected chi connectivity index (χ4v) is 7.36. The van der Waals surface area contributed by atoms with E-state index in [0.29, 0.717) is 8.67 Å². The third-order valence-electron chi connectivity index (χ3n) is 2.26. The summed E-state index contributed by atoms with van der Waals surface area (Å²) in [6.07, 6.45) is 1.59. The van der Waals surface area contributed by atoms with Crippen LogP contribution < -0.4 is 4.46 Å². The predicted molar refractivity (Wildman–Crippen MR) is 77.1 cm³/mol. The molecule has 0 saturated carbocycles. The van der Waals surface area contributed by atoms with Gasteiger partial charge in [-0.2, -0.15) is 0 Å². The molecule has 0 N–H and O–H groups in total. The molecule has 0 bridgehead atoms. The Morgan fingerprint density at radius 3 is 2.16 bits per heavy atom. The number of hydrogen-bond acceptors (Lipinski definition) is 4. The minimum atomic E-state index is -3.45. The Morgan fingerprint density at radius 1 is 1.21 bits per heavy atom. The number of benzene rings is 1. The van der Waals surface area contributed by atoms with E-state index in [9.17, 15) is 8.40 Å². The first kappa shape index (κ1) is 16.5. The zero-order valence-electron chi connectivity index (χ0n) is 11.4. The molecule has 0 saturated heterocycles. The molecule has 6 heteroatoms. The van der Waals surface area contributed by atoms with Crippen LogP contribution in [0.1, 0.15) is 20.8 Å². The van der Waals surface area contributed by atoms with Gasteiger partial charge in [-0.1, -0.05) is 0 Å². The second-order valence-corrected chi connectivity index (χ2v) is 9.25. The second-order valence-electron chi connectivity index (χ2n) is 3.54. The van der Waals surface area contributed by atoms with Crippen molar-refractivity contribution >= 4 is 25.9 Å². The van der Waals surface area contributed by atoms with E-state index >= 15 is 0 Å². The molecular formula is C13H19O4PSe. The molecule has 0 amide bonds. The molecule has 0 spiro atoms. The molecule has 106 valence electrons. The fraction of sp³-hybridized carbons (Fsp3) is 0.385. The van der Waals surface area contributed by atoms with Gasteiger partial charge in [0.15, 0.2) is 0 Å². The Labute approximate surface area is 118 Å². The van der Waals surface area contributed by atoms with Crippen molar-refractivity contribution in [2.75, 3.05) is 13.2 Å². The third kappa shape index (κ3) is 4.20. The van der Waals surface area contributed by atoms with E-state index < -0.39 is 21.4 Å². The summed E-state index contributed by atoms with van der Waals surface area (Å²) in [5, 5.41) is 0. The summed E-state index contributed by atoms with van der Waals surface area (Å²) in [4.78, 5) is 0.